The van der Waals surface area contributed by atoms with E-state index in [1.807, 2.05) is 42.5 Å². The molecule has 180 valence electrons. The fourth-order valence-corrected chi connectivity index (χ4v) is 5.23. The molecule has 1 aliphatic heterocycles. The van der Waals surface area contributed by atoms with Crippen LogP contribution < -0.4 is 10.2 Å². The molecule has 1 aliphatic rings. The Morgan fingerprint density at radius 3 is 2.43 bits per heavy atom. The summed E-state index contributed by atoms with van der Waals surface area (Å²) in [6.45, 7) is 3.33. The van der Waals surface area contributed by atoms with Crippen molar-refractivity contribution in [2.45, 2.75) is 4.90 Å². The molecule has 0 bridgehead atoms. The Kier molecular flexibility index (Phi) is 6.04. The van der Waals surface area contributed by atoms with Crippen molar-refractivity contribution < 1.29 is 13.5 Å². The lowest BCUT2D eigenvalue weighted by Crippen LogP contribution is -2.44. The van der Waals surface area contributed by atoms with Gasteiger partial charge >= 0.3 is 0 Å². The average Bonchev–Trinajstić information content (AvgIpc) is 2.84. The van der Waals surface area contributed by atoms with E-state index in [9.17, 15) is 13.5 Å². The fourth-order valence-electron chi connectivity index (χ4n) is 4.32. The molecule has 2 N–H and O–H groups in total. The lowest BCUT2D eigenvalue weighted by atomic mass is 10.0. The molecule has 0 amide bonds. The van der Waals surface area contributed by atoms with Crippen molar-refractivity contribution in [2.75, 3.05) is 49.7 Å². The third-order valence-corrected chi connectivity index (χ3v) is 7.37. The Morgan fingerprint density at radius 1 is 0.971 bits per heavy atom. The summed E-state index contributed by atoms with van der Waals surface area (Å²) in [4.78, 5) is 13.8. The summed E-state index contributed by atoms with van der Waals surface area (Å²) in [6, 6.07) is 18.2. The van der Waals surface area contributed by atoms with Crippen LogP contribution in [-0.4, -0.2) is 67.9 Å². The number of anilines is 3. The minimum atomic E-state index is -3.45. The van der Waals surface area contributed by atoms with Crippen LogP contribution in [0.25, 0.3) is 22.0 Å². The Labute approximate surface area is 204 Å². The maximum Gasteiger partial charge on any atom is 0.227 e. The second-order valence-corrected chi connectivity index (χ2v) is 10.8. The molecule has 4 aromatic rings. The van der Waals surface area contributed by atoms with Gasteiger partial charge in [0.15, 0.2) is 9.84 Å². The number of likely N-dealkylation sites (N-methyl/N-ethyl adjacent to an activating group) is 1. The minimum Gasteiger partial charge on any atom is -0.508 e. The average molecular weight is 490 g/mol. The normalized spacial score (nSPS) is 14.9. The maximum atomic E-state index is 12.7. The number of rotatable bonds is 5. The molecule has 5 rings (SSSR count). The van der Waals surface area contributed by atoms with E-state index in [4.69, 9.17) is 4.98 Å². The number of aromatic nitrogens is 2. The summed E-state index contributed by atoms with van der Waals surface area (Å²) in [5.41, 5.74) is 3.92. The predicted molar refractivity (Wildman–Crippen MR) is 139 cm³/mol. The second kappa shape index (κ2) is 9.16. The summed E-state index contributed by atoms with van der Waals surface area (Å²) in [5.74, 6) is 0.572. The summed E-state index contributed by atoms with van der Waals surface area (Å²) in [7, 11) is -1.38. The van der Waals surface area contributed by atoms with Crippen molar-refractivity contribution in [2.24, 2.45) is 0 Å². The number of aromatic hydroxyl groups is 1. The number of fused-ring (bicyclic) bond motifs is 1. The summed E-state index contributed by atoms with van der Waals surface area (Å²) >= 11 is 0. The van der Waals surface area contributed by atoms with Gasteiger partial charge in [0.1, 0.15) is 5.75 Å². The molecule has 1 saturated heterocycles. The van der Waals surface area contributed by atoms with E-state index in [0.717, 1.165) is 53.9 Å². The quantitative estimate of drug-likeness (QED) is 0.436. The first-order valence-electron chi connectivity index (χ1n) is 11.4. The molecule has 8 nitrogen and oxygen atoms in total. The number of piperazine rings is 1. The topological polar surface area (TPSA) is 98.7 Å². The van der Waals surface area contributed by atoms with Gasteiger partial charge in [0, 0.05) is 55.3 Å². The van der Waals surface area contributed by atoms with E-state index in [2.05, 4.69) is 27.1 Å². The summed E-state index contributed by atoms with van der Waals surface area (Å²) < 4.78 is 25.3. The van der Waals surface area contributed by atoms with Crippen LogP contribution >= 0.6 is 0 Å². The van der Waals surface area contributed by atoms with E-state index < -0.39 is 9.84 Å². The van der Waals surface area contributed by atoms with Crippen molar-refractivity contribution in [3.63, 3.8) is 0 Å². The van der Waals surface area contributed by atoms with Crippen molar-refractivity contribution in [3.8, 4) is 16.9 Å². The highest BCUT2D eigenvalue weighted by Gasteiger charge is 2.22. The minimum absolute atomic E-state index is 0.202. The highest BCUT2D eigenvalue weighted by atomic mass is 32.2. The number of phenols is 1. The number of phenolic OH excluding ortho intramolecular Hbond substituents is 1. The van der Waals surface area contributed by atoms with E-state index in [1.165, 1.54) is 6.26 Å². The Morgan fingerprint density at radius 2 is 1.71 bits per heavy atom. The fraction of sp³-hybridized carbons (Fsp3) is 0.231. The lowest BCUT2D eigenvalue weighted by molar-refractivity contribution is 0.312. The molecule has 0 saturated carbocycles. The zero-order valence-corrected chi connectivity index (χ0v) is 20.5. The van der Waals surface area contributed by atoms with E-state index in [0.29, 0.717) is 11.6 Å². The van der Waals surface area contributed by atoms with Crippen molar-refractivity contribution in [3.05, 3.63) is 66.9 Å². The van der Waals surface area contributed by atoms with Crippen LogP contribution in [0, 0.1) is 0 Å². The largest absolute Gasteiger partial charge is 0.508 e. The molecule has 0 unspecified atom stereocenters. The molecular formula is C26H27N5O3S. The number of sulfone groups is 1. The molecule has 1 fully saturated rings. The van der Waals surface area contributed by atoms with Gasteiger partial charge in [-0.15, -0.1) is 0 Å². The van der Waals surface area contributed by atoms with E-state index >= 15 is 0 Å². The number of nitrogens with zero attached hydrogens (tertiary/aromatic N) is 4. The van der Waals surface area contributed by atoms with Crippen LogP contribution in [0.5, 0.6) is 5.75 Å². The SMILES string of the molecule is CN1CCN(c2ccc(Nc3ncc4cccc(-c5ccc(O)cc5)c4n3)cc2S(C)(=O)=O)CC1. The first kappa shape index (κ1) is 23.1. The second-order valence-electron chi connectivity index (χ2n) is 8.85. The third-order valence-electron chi connectivity index (χ3n) is 6.25. The molecule has 9 heteroatoms. The van der Waals surface area contributed by atoms with Gasteiger partial charge in [0.25, 0.3) is 0 Å². The van der Waals surface area contributed by atoms with Gasteiger partial charge < -0.3 is 20.2 Å². The van der Waals surface area contributed by atoms with Crippen LogP contribution in [0.2, 0.25) is 0 Å². The predicted octanol–water partition coefficient (Wildman–Crippen LogP) is 3.90. The third kappa shape index (κ3) is 4.91. The van der Waals surface area contributed by atoms with Gasteiger partial charge in [0.05, 0.1) is 16.1 Å². The molecule has 0 atom stereocenters. The molecule has 0 radical (unpaired) electrons. The first-order valence-corrected chi connectivity index (χ1v) is 13.3. The zero-order chi connectivity index (χ0) is 24.6. The number of hydrogen-bond acceptors (Lipinski definition) is 8. The molecule has 0 spiro atoms. The van der Waals surface area contributed by atoms with Crippen LogP contribution in [0.4, 0.5) is 17.3 Å². The number of nitrogens with one attached hydrogen (secondary N) is 1. The number of benzene rings is 3. The molecule has 3 aromatic carbocycles. The van der Waals surface area contributed by atoms with Gasteiger partial charge in [-0.1, -0.05) is 30.3 Å². The van der Waals surface area contributed by atoms with Crippen LogP contribution in [0.15, 0.2) is 71.8 Å². The van der Waals surface area contributed by atoms with E-state index in [1.54, 1.807) is 24.4 Å². The maximum absolute atomic E-state index is 12.7. The van der Waals surface area contributed by atoms with Crippen LogP contribution in [-0.2, 0) is 9.84 Å². The Balaban J connectivity index is 1.50. The standard InChI is InChI=1S/C26H27N5O3S/c1-30-12-14-31(15-13-30)23-11-8-20(16-24(23)35(2,33)34)28-26-27-17-19-4-3-5-22(25(19)29-26)18-6-9-21(32)10-7-18/h3-11,16-17,32H,12-15H2,1-2H3,(H,27,28,29). The lowest BCUT2D eigenvalue weighted by Gasteiger charge is -2.35. The Hall–Kier alpha value is -3.69. The number of hydrogen-bond donors (Lipinski definition) is 2. The molecule has 35 heavy (non-hydrogen) atoms. The molecule has 2 heterocycles. The van der Waals surface area contributed by atoms with Crippen LogP contribution in [0.1, 0.15) is 0 Å². The van der Waals surface area contributed by atoms with Gasteiger partial charge in [-0.25, -0.2) is 18.4 Å². The smallest absolute Gasteiger partial charge is 0.227 e. The first-order chi connectivity index (χ1) is 16.8. The molecular weight excluding hydrogens is 462 g/mol. The highest BCUT2D eigenvalue weighted by Crippen LogP contribution is 2.32. The monoisotopic (exact) mass is 489 g/mol. The van der Waals surface area contributed by atoms with Crippen molar-refractivity contribution >= 4 is 38.1 Å². The van der Waals surface area contributed by atoms with Gasteiger partial charge in [0.2, 0.25) is 5.95 Å². The summed E-state index contributed by atoms with van der Waals surface area (Å²) in [5, 5.41) is 13.7. The van der Waals surface area contributed by atoms with Gasteiger partial charge in [-0.3, -0.25) is 0 Å². The number of para-hydroxylation sites is 1. The molecule has 1 aromatic heterocycles. The van der Waals surface area contributed by atoms with Gasteiger partial charge in [-0.05, 0) is 42.9 Å². The van der Waals surface area contributed by atoms with Crippen molar-refractivity contribution in [1.29, 1.82) is 0 Å². The molecule has 0 aliphatic carbocycles. The Bertz CT molecular complexity index is 1480. The van der Waals surface area contributed by atoms with Crippen molar-refractivity contribution in [1.82, 2.24) is 14.9 Å². The van der Waals surface area contributed by atoms with Gasteiger partial charge in [-0.2, -0.15) is 0 Å². The van der Waals surface area contributed by atoms with Crippen LogP contribution in [0.3, 0.4) is 0 Å². The summed E-state index contributed by atoms with van der Waals surface area (Å²) in [6.07, 6.45) is 2.98. The zero-order valence-electron chi connectivity index (χ0n) is 19.6. The van der Waals surface area contributed by atoms with E-state index in [-0.39, 0.29) is 10.6 Å². The highest BCUT2D eigenvalue weighted by molar-refractivity contribution is 7.90.